The van der Waals surface area contributed by atoms with Crippen LogP contribution in [0.25, 0.3) is 0 Å². The number of hydrogen-bond donors (Lipinski definition) is 0. The van der Waals surface area contributed by atoms with Crippen LogP contribution in [0, 0.1) is 0 Å². The van der Waals surface area contributed by atoms with E-state index in [2.05, 4.69) is 58.3 Å². The predicted molar refractivity (Wildman–Crippen MR) is 74.9 cm³/mol. The zero-order valence-corrected chi connectivity index (χ0v) is 13.0. The Morgan fingerprint density at radius 1 is 1.41 bits per heavy atom. The third-order valence-electron chi connectivity index (χ3n) is 2.31. The Labute approximate surface area is 118 Å². The minimum Gasteiger partial charge on any atom is -0.296 e. The van der Waals surface area contributed by atoms with Crippen molar-refractivity contribution in [1.29, 1.82) is 0 Å². The number of nitrogens with zero attached hydrogens (tertiary/aromatic N) is 3. The Balaban J connectivity index is 2.35. The van der Waals surface area contributed by atoms with Gasteiger partial charge in [-0.1, -0.05) is 20.8 Å². The van der Waals surface area contributed by atoms with Crippen LogP contribution in [0.1, 0.15) is 31.5 Å². The van der Waals surface area contributed by atoms with Gasteiger partial charge >= 0.3 is 0 Å². The van der Waals surface area contributed by atoms with E-state index in [9.17, 15) is 0 Å². The second-order valence-electron chi connectivity index (χ2n) is 4.86. The summed E-state index contributed by atoms with van der Waals surface area (Å²) in [6.45, 7) is 7.03. The Morgan fingerprint density at radius 3 is 2.65 bits per heavy atom. The van der Waals surface area contributed by atoms with Gasteiger partial charge in [-0.3, -0.25) is 4.57 Å². The molecular formula is C11H13BrClN3S. The molecule has 17 heavy (non-hydrogen) atoms. The van der Waals surface area contributed by atoms with Gasteiger partial charge in [-0.15, -0.1) is 21.5 Å². The molecule has 6 heteroatoms. The van der Waals surface area contributed by atoms with Crippen molar-refractivity contribution < 1.29 is 0 Å². The van der Waals surface area contributed by atoms with Crippen LogP contribution in [0.3, 0.4) is 0 Å². The van der Waals surface area contributed by atoms with E-state index in [0.717, 1.165) is 10.3 Å². The lowest BCUT2D eigenvalue weighted by Gasteiger charge is -2.18. The van der Waals surface area contributed by atoms with E-state index in [0.29, 0.717) is 11.8 Å². The lowest BCUT2D eigenvalue weighted by molar-refractivity contribution is 0.511. The molecule has 0 fully saturated rings. The van der Waals surface area contributed by atoms with E-state index in [4.69, 9.17) is 11.6 Å². The van der Waals surface area contributed by atoms with Crippen molar-refractivity contribution in [3.63, 3.8) is 0 Å². The number of halogens is 2. The average Bonchev–Trinajstić information content (AvgIpc) is 2.74. The first-order valence-corrected chi connectivity index (χ1v) is 7.25. The summed E-state index contributed by atoms with van der Waals surface area (Å²) in [4.78, 5) is 1.23. The summed E-state index contributed by atoms with van der Waals surface area (Å²) >= 11 is 11.2. The van der Waals surface area contributed by atoms with Gasteiger partial charge in [-0.25, -0.2) is 0 Å². The Bertz CT molecular complexity index is 527. The lowest BCUT2D eigenvalue weighted by Crippen LogP contribution is -2.19. The van der Waals surface area contributed by atoms with Gasteiger partial charge in [-0.05, 0) is 33.6 Å². The van der Waals surface area contributed by atoms with Crippen molar-refractivity contribution in [2.24, 2.45) is 0 Å². The molecule has 3 nitrogen and oxygen atoms in total. The minimum atomic E-state index is -0.0609. The third kappa shape index (κ3) is 2.89. The smallest absolute Gasteiger partial charge is 0.225 e. The molecule has 2 heterocycles. The summed E-state index contributed by atoms with van der Waals surface area (Å²) in [6, 6.07) is 2.09. The molecule has 0 atom stereocenters. The molecule has 0 saturated heterocycles. The van der Waals surface area contributed by atoms with E-state index in [-0.39, 0.29) is 5.41 Å². The first kappa shape index (κ1) is 13.1. The monoisotopic (exact) mass is 333 g/mol. The molecule has 0 N–H and O–H groups in total. The SMILES string of the molecule is CC(C)(C)c1nnc(Cl)n1Cc1cc(Br)cs1. The van der Waals surface area contributed by atoms with Crippen LogP contribution >= 0.6 is 38.9 Å². The molecule has 0 aliphatic heterocycles. The second kappa shape index (κ2) is 4.71. The Kier molecular flexibility index (Phi) is 3.61. The lowest BCUT2D eigenvalue weighted by atomic mass is 9.96. The molecule has 0 unspecified atom stereocenters. The van der Waals surface area contributed by atoms with Gasteiger partial charge < -0.3 is 0 Å². The highest BCUT2D eigenvalue weighted by atomic mass is 79.9. The van der Waals surface area contributed by atoms with E-state index in [1.54, 1.807) is 11.3 Å². The van der Waals surface area contributed by atoms with Crippen LogP contribution in [0.2, 0.25) is 5.28 Å². The number of thiophene rings is 1. The van der Waals surface area contributed by atoms with E-state index >= 15 is 0 Å². The summed E-state index contributed by atoms with van der Waals surface area (Å²) < 4.78 is 3.05. The molecule has 0 aliphatic rings. The van der Waals surface area contributed by atoms with Crippen molar-refractivity contribution in [3.8, 4) is 0 Å². The van der Waals surface area contributed by atoms with Crippen LogP contribution in [0.5, 0.6) is 0 Å². The Morgan fingerprint density at radius 2 is 2.12 bits per heavy atom. The molecule has 92 valence electrons. The largest absolute Gasteiger partial charge is 0.296 e. The summed E-state index contributed by atoms with van der Waals surface area (Å²) in [7, 11) is 0. The predicted octanol–water partition coefficient (Wildman–Crippen LogP) is 4.10. The van der Waals surface area contributed by atoms with Crippen molar-refractivity contribution in [2.75, 3.05) is 0 Å². The van der Waals surface area contributed by atoms with E-state index < -0.39 is 0 Å². The Hall–Kier alpha value is -0.390. The zero-order valence-electron chi connectivity index (χ0n) is 9.87. The van der Waals surface area contributed by atoms with Gasteiger partial charge in [-0.2, -0.15) is 0 Å². The average molecular weight is 335 g/mol. The summed E-state index contributed by atoms with van der Waals surface area (Å²) in [5.41, 5.74) is -0.0609. The molecule has 2 aromatic heterocycles. The van der Waals surface area contributed by atoms with Crippen LogP contribution in [0.15, 0.2) is 15.9 Å². The van der Waals surface area contributed by atoms with Crippen LogP contribution in [-0.4, -0.2) is 14.8 Å². The van der Waals surface area contributed by atoms with Gasteiger partial charge in [0.1, 0.15) is 5.82 Å². The fourth-order valence-corrected chi connectivity index (χ4v) is 3.19. The maximum absolute atomic E-state index is 6.09. The summed E-state index contributed by atoms with van der Waals surface area (Å²) in [5, 5.41) is 10.6. The molecule has 2 rings (SSSR count). The fourth-order valence-electron chi connectivity index (χ4n) is 1.57. The van der Waals surface area contributed by atoms with Crippen molar-refractivity contribution in [3.05, 3.63) is 31.9 Å². The van der Waals surface area contributed by atoms with Gasteiger partial charge in [0.15, 0.2) is 0 Å². The molecule has 0 bridgehead atoms. The normalized spacial score (nSPS) is 12.1. The first-order chi connectivity index (χ1) is 7.88. The van der Waals surface area contributed by atoms with Crippen LogP contribution in [0.4, 0.5) is 0 Å². The number of rotatable bonds is 2. The van der Waals surface area contributed by atoms with Gasteiger partial charge in [0.05, 0.1) is 6.54 Å². The maximum Gasteiger partial charge on any atom is 0.225 e. The van der Waals surface area contributed by atoms with Gasteiger partial charge in [0.2, 0.25) is 5.28 Å². The van der Waals surface area contributed by atoms with Crippen LogP contribution in [-0.2, 0) is 12.0 Å². The van der Waals surface area contributed by atoms with Crippen LogP contribution < -0.4 is 0 Å². The molecule has 2 aromatic rings. The third-order valence-corrected chi connectivity index (χ3v) is 4.27. The highest BCUT2D eigenvalue weighted by Crippen LogP contribution is 2.26. The van der Waals surface area contributed by atoms with Gasteiger partial charge in [0.25, 0.3) is 0 Å². The number of aromatic nitrogens is 3. The zero-order chi connectivity index (χ0) is 12.6. The molecule has 0 amide bonds. The minimum absolute atomic E-state index is 0.0609. The summed E-state index contributed by atoms with van der Waals surface area (Å²) in [5.74, 6) is 0.909. The molecule has 0 radical (unpaired) electrons. The van der Waals surface area contributed by atoms with Crippen molar-refractivity contribution >= 4 is 38.9 Å². The quantitative estimate of drug-likeness (QED) is 0.828. The molecule has 0 aromatic carbocycles. The van der Waals surface area contributed by atoms with Crippen molar-refractivity contribution in [2.45, 2.75) is 32.7 Å². The van der Waals surface area contributed by atoms with E-state index in [1.807, 2.05) is 4.57 Å². The number of hydrogen-bond acceptors (Lipinski definition) is 3. The van der Waals surface area contributed by atoms with Gasteiger partial charge in [0, 0.05) is 20.1 Å². The highest BCUT2D eigenvalue weighted by molar-refractivity contribution is 9.10. The highest BCUT2D eigenvalue weighted by Gasteiger charge is 2.23. The maximum atomic E-state index is 6.09. The topological polar surface area (TPSA) is 30.7 Å². The van der Waals surface area contributed by atoms with Crippen molar-refractivity contribution in [1.82, 2.24) is 14.8 Å². The first-order valence-electron chi connectivity index (χ1n) is 5.20. The molecular weight excluding hydrogens is 322 g/mol. The second-order valence-corrected chi connectivity index (χ2v) is 7.11. The van der Waals surface area contributed by atoms with E-state index in [1.165, 1.54) is 4.88 Å². The standard InChI is InChI=1S/C11H13BrClN3S/c1-11(2,3)9-14-15-10(13)16(9)5-8-4-7(12)6-17-8/h4,6H,5H2,1-3H3. The molecule has 0 saturated carbocycles. The fraction of sp³-hybridized carbons (Fsp3) is 0.455. The molecule has 0 aliphatic carbocycles. The molecule has 0 spiro atoms. The summed E-state index contributed by atoms with van der Waals surface area (Å²) in [6.07, 6.45) is 0.